The normalized spacial score (nSPS) is 13.8. The number of rotatable bonds is 15. The van der Waals surface area contributed by atoms with E-state index in [2.05, 4.69) is 37.9 Å². The second-order valence-corrected chi connectivity index (χ2v) is 9.57. The maximum Gasteiger partial charge on any atom is 0.303 e. The summed E-state index contributed by atoms with van der Waals surface area (Å²) in [7, 11) is 0. The van der Waals surface area contributed by atoms with Gasteiger partial charge in [0.05, 0.1) is 5.69 Å². The van der Waals surface area contributed by atoms with E-state index in [1.165, 1.54) is 11.1 Å². The molecule has 0 spiro atoms. The summed E-state index contributed by atoms with van der Waals surface area (Å²) >= 11 is 0. The quantitative estimate of drug-likeness (QED) is 0.299. The second-order valence-electron chi connectivity index (χ2n) is 9.57. The number of pyridine rings is 1. The van der Waals surface area contributed by atoms with Crippen LogP contribution in [0.3, 0.4) is 0 Å². The van der Waals surface area contributed by atoms with Crippen LogP contribution in [0.5, 0.6) is 0 Å². The molecule has 0 aromatic carbocycles. The van der Waals surface area contributed by atoms with Crippen molar-refractivity contribution in [3.8, 4) is 0 Å². The number of carbonyl (C=O) groups excluding carboxylic acids is 1. The van der Waals surface area contributed by atoms with Crippen LogP contribution in [0.15, 0.2) is 41.6 Å². The average molecular weight is 428 g/mol. The van der Waals surface area contributed by atoms with Crippen LogP contribution in [-0.4, -0.2) is 21.8 Å². The molecule has 0 aliphatic rings. The summed E-state index contributed by atoms with van der Waals surface area (Å²) in [5.41, 5.74) is 3.25. The SMILES string of the molecule is CC(=Cc1ccccn1)CCC=C(C)CCCC(C)CCC(=O)C(C)(C)CCC(=O)O. The summed E-state index contributed by atoms with van der Waals surface area (Å²) in [6.45, 7) is 10.3. The lowest BCUT2D eigenvalue weighted by Crippen LogP contribution is -2.25. The zero-order chi connectivity index (χ0) is 23.3. The number of hydrogen-bond donors (Lipinski definition) is 1. The first-order chi connectivity index (χ1) is 14.6. The minimum atomic E-state index is -0.836. The maximum atomic E-state index is 12.4. The zero-order valence-electron chi connectivity index (χ0n) is 20.1. The molecule has 4 nitrogen and oxygen atoms in total. The Balaban J connectivity index is 2.25. The first-order valence-corrected chi connectivity index (χ1v) is 11.6. The van der Waals surface area contributed by atoms with Crippen LogP contribution < -0.4 is 0 Å². The molecule has 172 valence electrons. The van der Waals surface area contributed by atoms with Crippen LogP contribution in [0, 0.1) is 11.3 Å². The Kier molecular flexibility index (Phi) is 12.1. The summed E-state index contributed by atoms with van der Waals surface area (Å²) in [6.07, 6.45) is 13.7. The Bertz CT molecular complexity index is 747. The molecule has 1 atom stereocenters. The van der Waals surface area contributed by atoms with Gasteiger partial charge in [0, 0.05) is 24.5 Å². The lowest BCUT2D eigenvalue weighted by Gasteiger charge is -2.23. The highest BCUT2D eigenvalue weighted by atomic mass is 16.4. The molecule has 1 heterocycles. The third kappa shape index (κ3) is 12.3. The molecular formula is C27H41NO3. The number of carboxylic acids is 1. The zero-order valence-corrected chi connectivity index (χ0v) is 20.1. The monoisotopic (exact) mass is 427 g/mol. The molecule has 0 radical (unpaired) electrons. The molecule has 0 saturated carbocycles. The van der Waals surface area contributed by atoms with Gasteiger partial charge in [-0.1, -0.05) is 50.5 Å². The van der Waals surface area contributed by atoms with Gasteiger partial charge < -0.3 is 5.11 Å². The van der Waals surface area contributed by atoms with E-state index in [1.54, 1.807) is 0 Å². The smallest absolute Gasteiger partial charge is 0.303 e. The molecule has 1 aromatic heterocycles. The van der Waals surface area contributed by atoms with Crippen molar-refractivity contribution in [3.63, 3.8) is 0 Å². The van der Waals surface area contributed by atoms with Gasteiger partial charge in [0.15, 0.2) is 0 Å². The summed E-state index contributed by atoms with van der Waals surface area (Å²) in [4.78, 5) is 27.5. The van der Waals surface area contributed by atoms with Gasteiger partial charge in [0.2, 0.25) is 0 Å². The molecule has 1 unspecified atom stereocenters. The Labute approximate surface area is 188 Å². The minimum Gasteiger partial charge on any atom is -0.481 e. The van der Waals surface area contributed by atoms with Crippen LogP contribution >= 0.6 is 0 Å². The number of Topliss-reactive ketones (excluding diaryl/α,β-unsaturated/α-hetero) is 1. The number of allylic oxidation sites excluding steroid dienone is 3. The number of ketones is 1. The van der Waals surface area contributed by atoms with Crippen LogP contribution in [0.4, 0.5) is 0 Å². The molecule has 0 aliphatic heterocycles. The third-order valence-electron chi connectivity index (χ3n) is 5.96. The first-order valence-electron chi connectivity index (χ1n) is 11.6. The van der Waals surface area contributed by atoms with Crippen LogP contribution in [0.25, 0.3) is 6.08 Å². The largest absolute Gasteiger partial charge is 0.481 e. The van der Waals surface area contributed by atoms with E-state index in [0.29, 0.717) is 18.8 Å². The Morgan fingerprint density at radius 1 is 1.06 bits per heavy atom. The number of carbonyl (C=O) groups is 2. The van der Waals surface area contributed by atoms with Crippen molar-refractivity contribution in [2.45, 2.75) is 92.4 Å². The summed E-state index contributed by atoms with van der Waals surface area (Å²) in [5, 5.41) is 8.84. The molecule has 0 bridgehead atoms. The molecule has 0 aliphatic carbocycles. The van der Waals surface area contributed by atoms with Gasteiger partial charge in [0.1, 0.15) is 5.78 Å². The lowest BCUT2D eigenvalue weighted by atomic mass is 9.80. The molecule has 0 fully saturated rings. The van der Waals surface area contributed by atoms with Crippen molar-refractivity contribution >= 4 is 17.8 Å². The predicted molar refractivity (Wildman–Crippen MR) is 129 cm³/mol. The molecule has 0 amide bonds. The van der Waals surface area contributed by atoms with Crippen molar-refractivity contribution in [1.82, 2.24) is 4.98 Å². The second kappa shape index (κ2) is 14.0. The van der Waals surface area contributed by atoms with E-state index < -0.39 is 11.4 Å². The van der Waals surface area contributed by atoms with Crippen molar-refractivity contribution in [2.75, 3.05) is 0 Å². The average Bonchev–Trinajstić information content (AvgIpc) is 2.71. The number of carboxylic acid groups (broad SMARTS) is 1. The Hall–Kier alpha value is -2.23. The molecular weight excluding hydrogens is 386 g/mol. The van der Waals surface area contributed by atoms with E-state index in [0.717, 1.165) is 44.2 Å². The van der Waals surface area contributed by atoms with Gasteiger partial charge >= 0.3 is 5.97 Å². The number of hydrogen-bond acceptors (Lipinski definition) is 3. The van der Waals surface area contributed by atoms with Crippen LogP contribution in [0.1, 0.15) is 98.1 Å². The van der Waals surface area contributed by atoms with Gasteiger partial charge in [-0.25, -0.2) is 0 Å². The molecule has 1 aromatic rings. The lowest BCUT2D eigenvalue weighted by molar-refractivity contribution is -0.138. The number of nitrogens with zero attached hydrogens (tertiary/aromatic N) is 1. The van der Waals surface area contributed by atoms with Crippen molar-refractivity contribution < 1.29 is 14.7 Å². The van der Waals surface area contributed by atoms with Crippen molar-refractivity contribution in [3.05, 3.63) is 47.3 Å². The fourth-order valence-corrected chi connectivity index (χ4v) is 3.58. The highest BCUT2D eigenvalue weighted by Crippen LogP contribution is 2.27. The number of aliphatic carboxylic acids is 1. The molecule has 1 rings (SSSR count). The fourth-order valence-electron chi connectivity index (χ4n) is 3.58. The van der Waals surface area contributed by atoms with Gasteiger partial charge in [-0.15, -0.1) is 0 Å². The fraction of sp³-hybridized carbons (Fsp3) is 0.593. The maximum absolute atomic E-state index is 12.4. The highest BCUT2D eigenvalue weighted by Gasteiger charge is 2.27. The molecule has 31 heavy (non-hydrogen) atoms. The number of aromatic nitrogens is 1. The van der Waals surface area contributed by atoms with Crippen LogP contribution in [-0.2, 0) is 9.59 Å². The summed E-state index contributed by atoms with van der Waals surface area (Å²) in [5.74, 6) is -0.140. The summed E-state index contributed by atoms with van der Waals surface area (Å²) in [6, 6.07) is 5.96. The van der Waals surface area contributed by atoms with Gasteiger partial charge in [-0.2, -0.15) is 0 Å². The van der Waals surface area contributed by atoms with E-state index in [9.17, 15) is 9.59 Å². The van der Waals surface area contributed by atoms with E-state index in [-0.39, 0.29) is 12.2 Å². The third-order valence-corrected chi connectivity index (χ3v) is 5.96. The Morgan fingerprint density at radius 2 is 1.81 bits per heavy atom. The van der Waals surface area contributed by atoms with Crippen molar-refractivity contribution in [2.24, 2.45) is 11.3 Å². The molecule has 0 saturated heterocycles. The van der Waals surface area contributed by atoms with Gasteiger partial charge in [-0.3, -0.25) is 14.6 Å². The van der Waals surface area contributed by atoms with Gasteiger partial charge in [0.25, 0.3) is 0 Å². The predicted octanol–water partition coefficient (Wildman–Crippen LogP) is 7.26. The first kappa shape index (κ1) is 26.8. The van der Waals surface area contributed by atoms with Crippen molar-refractivity contribution in [1.29, 1.82) is 0 Å². The van der Waals surface area contributed by atoms with Crippen LogP contribution in [0.2, 0.25) is 0 Å². The van der Waals surface area contributed by atoms with Gasteiger partial charge in [-0.05, 0) is 76.5 Å². The minimum absolute atomic E-state index is 0.0539. The summed E-state index contributed by atoms with van der Waals surface area (Å²) < 4.78 is 0. The van der Waals surface area contributed by atoms with E-state index in [4.69, 9.17) is 5.11 Å². The molecule has 4 heteroatoms. The highest BCUT2D eigenvalue weighted by molar-refractivity contribution is 5.84. The van der Waals surface area contributed by atoms with E-state index in [1.807, 2.05) is 38.2 Å². The van der Waals surface area contributed by atoms with E-state index >= 15 is 0 Å². The molecule has 1 N–H and O–H groups in total. The Morgan fingerprint density at radius 3 is 2.45 bits per heavy atom. The standard InChI is InChI=1S/C27H41NO3/c1-21(11-9-13-23(3)20-24-14-6-7-19-28-24)10-8-12-22(2)15-16-25(29)27(4,5)18-17-26(30)31/h6-7,11,14,19-20,22H,8-10,12-13,15-18H2,1-5H3,(H,30,31). The topological polar surface area (TPSA) is 67.3 Å².